The van der Waals surface area contributed by atoms with E-state index in [-0.39, 0.29) is 17.5 Å². The Labute approximate surface area is 171 Å². The van der Waals surface area contributed by atoms with E-state index in [9.17, 15) is 9.59 Å². The number of benzene rings is 2. The number of carbonyl (C=O) groups is 2. The highest BCUT2D eigenvalue weighted by Crippen LogP contribution is 2.32. The molecule has 2 aromatic rings. The molecule has 1 aliphatic heterocycles. The van der Waals surface area contributed by atoms with E-state index < -0.39 is 5.92 Å². The predicted octanol–water partition coefficient (Wildman–Crippen LogP) is 4.61. The minimum Gasteiger partial charge on any atom is -0.303 e. The molecule has 2 aliphatic rings. The molecule has 0 N–H and O–H groups in total. The van der Waals surface area contributed by atoms with Crippen LogP contribution in [0.4, 0.5) is 0 Å². The van der Waals surface area contributed by atoms with Gasteiger partial charge in [-0.25, -0.2) is 0 Å². The summed E-state index contributed by atoms with van der Waals surface area (Å²) in [6.45, 7) is 2.91. The fraction of sp³-hybridized carbons (Fsp3) is 0.417. The van der Waals surface area contributed by atoms with Crippen LogP contribution in [0.15, 0.2) is 48.5 Å². The van der Waals surface area contributed by atoms with Crippen LogP contribution in [0.1, 0.15) is 40.7 Å². The lowest BCUT2D eigenvalue weighted by Gasteiger charge is -2.33. The van der Waals surface area contributed by atoms with Gasteiger partial charge >= 0.3 is 0 Å². The molecule has 4 heteroatoms. The van der Waals surface area contributed by atoms with Crippen molar-refractivity contribution in [2.45, 2.75) is 32.1 Å². The van der Waals surface area contributed by atoms with Crippen LogP contribution in [0.5, 0.6) is 0 Å². The number of halogens is 1. The molecule has 1 heterocycles. The van der Waals surface area contributed by atoms with E-state index in [1.54, 1.807) is 12.1 Å². The lowest BCUT2D eigenvalue weighted by atomic mass is 9.75. The van der Waals surface area contributed by atoms with Gasteiger partial charge in [0.25, 0.3) is 0 Å². The van der Waals surface area contributed by atoms with Crippen LogP contribution in [0.2, 0.25) is 5.02 Å². The first kappa shape index (κ1) is 19.4. The largest absolute Gasteiger partial charge is 0.303 e. The van der Waals surface area contributed by atoms with Gasteiger partial charge in [0.15, 0.2) is 5.78 Å². The average molecular weight is 396 g/mol. The maximum atomic E-state index is 13.1. The molecule has 146 valence electrons. The molecule has 1 unspecified atom stereocenters. The Morgan fingerprint density at radius 2 is 1.79 bits per heavy atom. The van der Waals surface area contributed by atoms with Crippen molar-refractivity contribution >= 4 is 23.2 Å². The number of rotatable bonds is 5. The highest BCUT2D eigenvalue weighted by Gasteiger charge is 2.37. The third kappa shape index (κ3) is 4.21. The minimum absolute atomic E-state index is 0.00516. The summed E-state index contributed by atoms with van der Waals surface area (Å²) < 4.78 is 0. The van der Waals surface area contributed by atoms with Crippen LogP contribution in [0, 0.1) is 11.8 Å². The third-order valence-electron chi connectivity index (χ3n) is 6.24. The fourth-order valence-corrected chi connectivity index (χ4v) is 4.75. The summed E-state index contributed by atoms with van der Waals surface area (Å²) in [5.74, 6) is -0.284. The van der Waals surface area contributed by atoms with E-state index in [0.717, 1.165) is 50.9 Å². The molecule has 0 spiro atoms. The molecule has 0 bridgehead atoms. The number of aryl methyl sites for hydroxylation is 1. The van der Waals surface area contributed by atoms with Crippen LogP contribution < -0.4 is 0 Å². The van der Waals surface area contributed by atoms with Crippen LogP contribution in [-0.4, -0.2) is 36.1 Å². The van der Waals surface area contributed by atoms with Crippen molar-refractivity contribution in [3.05, 3.63) is 70.2 Å². The second-order valence-electron chi connectivity index (χ2n) is 8.01. The van der Waals surface area contributed by atoms with E-state index in [2.05, 4.69) is 29.2 Å². The number of fused-ring (bicyclic) bond motifs is 1. The summed E-state index contributed by atoms with van der Waals surface area (Å²) in [5, 5.41) is 0.652. The standard InChI is InChI=1S/C24H26ClNO2/c25-20-7-9-21-19(16-20)6-8-22(24(21)28)23(27)18-11-14-26(15-12-18)13-10-17-4-2-1-3-5-17/h1-5,7,9,16,18,22H,6,8,10-15H2. The average Bonchev–Trinajstić information content (AvgIpc) is 2.73. The molecule has 28 heavy (non-hydrogen) atoms. The number of Topliss-reactive ketones (excluding diaryl/α,β-unsaturated/α-hetero) is 2. The molecule has 4 rings (SSSR count). The van der Waals surface area contributed by atoms with Crippen molar-refractivity contribution in [1.29, 1.82) is 0 Å². The molecular formula is C24H26ClNO2. The van der Waals surface area contributed by atoms with E-state index in [0.29, 0.717) is 17.0 Å². The van der Waals surface area contributed by atoms with Crippen molar-refractivity contribution in [2.24, 2.45) is 11.8 Å². The predicted molar refractivity (Wildman–Crippen MR) is 112 cm³/mol. The first-order chi connectivity index (χ1) is 13.6. The topological polar surface area (TPSA) is 37.4 Å². The van der Waals surface area contributed by atoms with Gasteiger partial charge in [-0.1, -0.05) is 41.9 Å². The summed E-state index contributed by atoms with van der Waals surface area (Å²) in [6.07, 6.45) is 4.16. The summed E-state index contributed by atoms with van der Waals surface area (Å²) in [4.78, 5) is 28.4. The Bertz CT molecular complexity index is 856. The number of likely N-dealkylation sites (tertiary alicyclic amines) is 1. The number of ketones is 2. The van der Waals surface area contributed by atoms with Crippen molar-refractivity contribution in [3.8, 4) is 0 Å². The zero-order valence-corrected chi connectivity index (χ0v) is 16.8. The van der Waals surface area contributed by atoms with Gasteiger partial charge in [-0.3, -0.25) is 9.59 Å². The van der Waals surface area contributed by atoms with Gasteiger partial charge in [-0.2, -0.15) is 0 Å². The zero-order valence-electron chi connectivity index (χ0n) is 16.1. The summed E-state index contributed by atoms with van der Waals surface area (Å²) in [7, 11) is 0. The Balaban J connectivity index is 1.32. The number of piperidine rings is 1. The molecule has 1 fully saturated rings. The van der Waals surface area contributed by atoms with Gasteiger partial charge in [0.2, 0.25) is 0 Å². The van der Waals surface area contributed by atoms with Gasteiger partial charge in [0, 0.05) is 23.0 Å². The van der Waals surface area contributed by atoms with Gasteiger partial charge in [-0.15, -0.1) is 0 Å². The molecule has 0 saturated carbocycles. The van der Waals surface area contributed by atoms with Crippen LogP contribution >= 0.6 is 11.6 Å². The van der Waals surface area contributed by atoms with Crippen molar-refractivity contribution < 1.29 is 9.59 Å². The fourth-order valence-electron chi connectivity index (χ4n) is 4.56. The first-order valence-corrected chi connectivity index (χ1v) is 10.6. The second kappa shape index (κ2) is 8.59. The molecular weight excluding hydrogens is 370 g/mol. The summed E-state index contributed by atoms with van der Waals surface area (Å²) >= 11 is 6.04. The normalized spacial score (nSPS) is 20.8. The van der Waals surface area contributed by atoms with Crippen LogP contribution in [0.25, 0.3) is 0 Å². The third-order valence-corrected chi connectivity index (χ3v) is 6.48. The van der Waals surface area contributed by atoms with Gasteiger partial charge in [-0.05, 0) is 74.5 Å². The Morgan fingerprint density at radius 3 is 2.54 bits per heavy atom. The molecule has 0 radical (unpaired) electrons. The maximum absolute atomic E-state index is 13.1. The van der Waals surface area contributed by atoms with E-state index in [4.69, 9.17) is 11.6 Å². The molecule has 0 aromatic heterocycles. The highest BCUT2D eigenvalue weighted by molar-refractivity contribution is 6.30. The lowest BCUT2D eigenvalue weighted by Crippen LogP contribution is -2.41. The monoisotopic (exact) mass is 395 g/mol. The van der Waals surface area contributed by atoms with Gasteiger partial charge in [0.1, 0.15) is 5.78 Å². The quantitative estimate of drug-likeness (QED) is 0.694. The first-order valence-electron chi connectivity index (χ1n) is 10.2. The highest BCUT2D eigenvalue weighted by atomic mass is 35.5. The molecule has 0 amide bonds. The maximum Gasteiger partial charge on any atom is 0.173 e. The molecule has 3 nitrogen and oxygen atoms in total. The number of hydrogen-bond donors (Lipinski definition) is 0. The molecule has 1 atom stereocenters. The van der Waals surface area contributed by atoms with E-state index >= 15 is 0 Å². The SMILES string of the molecule is O=C1c2ccc(Cl)cc2CCC1C(=O)C1CCN(CCc2ccccc2)CC1. The number of carbonyl (C=O) groups excluding carboxylic acids is 2. The smallest absolute Gasteiger partial charge is 0.173 e. The van der Waals surface area contributed by atoms with Crippen molar-refractivity contribution in [2.75, 3.05) is 19.6 Å². The Morgan fingerprint density at radius 1 is 1.04 bits per heavy atom. The Hall–Kier alpha value is -1.97. The lowest BCUT2D eigenvalue weighted by molar-refractivity contribution is -0.127. The van der Waals surface area contributed by atoms with E-state index in [1.165, 1.54) is 5.56 Å². The molecule has 1 aliphatic carbocycles. The summed E-state index contributed by atoms with van der Waals surface area (Å²) in [6, 6.07) is 15.9. The van der Waals surface area contributed by atoms with Crippen LogP contribution in [0.3, 0.4) is 0 Å². The van der Waals surface area contributed by atoms with Crippen molar-refractivity contribution in [1.82, 2.24) is 4.90 Å². The number of nitrogens with zero attached hydrogens (tertiary/aromatic N) is 1. The minimum atomic E-state index is -0.463. The Kier molecular flexibility index (Phi) is 5.93. The second-order valence-corrected chi connectivity index (χ2v) is 8.45. The van der Waals surface area contributed by atoms with E-state index in [1.807, 2.05) is 12.1 Å². The van der Waals surface area contributed by atoms with Gasteiger partial charge < -0.3 is 4.90 Å². The summed E-state index contributed by atoms with van der Waals surface area (Å²) in [5.41, 5.74) is 3.03. The zero-order chi connectivity index (χ0) is 19.5. The van der Waals surface area contributed by atoms with Gasteiger partial charge in [0.05, 0.1) is 5.92 Å². The molecule has 1 saturated heterocycles. The molecule has 2 aromatic carbocycles. The van der Waals surface area contributed by atoms with Crippen molar-refractivity contribution in [3.63, 3.8) is 0 Å². The number of hydrogen-bond acceptors (Lipinski definition) is 3. The van der Waals surface area contributed by atoms with Crippen LogP contribution in [-0.2, 0) is 17.6 Å².